The number of carbonyl (C=O) groups is 1. The summed E-state index contributed by atoms with van der Waals surface area (Å²) in [6.07, 6.45) is -0.782. The molecule has 2 aromatic carbocycles. The Labute approximate surface area is 121 Å². The summed E-state index contributed by atoms with van der Waals surface area (Å²) < 4.78 is 1.17. The molecule has 1 heterocycles. The van der Waals surface area contributed by atoms with Crippen molar-refractivity contribution in [2.75, 3.05) is 0 Å². The Bertz CT molecular complexity index is 731. The smallest absolute Gasteiger partial charge is 0.170 e. The number of aliphatic hydroxyl groups excluding tert-OH is 1. The molecule has 0 spiro atoms. The number of hydrogen-bond acceptors (Lipinski definition) is 3. The molecule has 1 aromatic heterocycles. The van der Waals surface area contributed by atoms with Crippen molar-refractivity contribution in [2.24, 2.45) is 0 Å². The fourth-order valence-electron chi connectivity index (χ4n) is 2.28. The normalized spacial score (nSPS) is 12.4. The van der Waals surface area contributed by atoms with E-state index >= 15 is 0 Å². The molecule has 0 amide bonds. The van der Waals surface area contributed by atoms with E-state index in [1.165, 1.54) is 4.70 Å². The molecule has 0 aliphatic heterocycles. The van der Waals surface area contributed by atoms with Gasteiger partial charge in [0.05, 0.1) is 0 Å². The van der Waals surface area contributed by atoms with Crippen LogP contribution in [0.4, 0.5) is 0 Å². The summed E-state index contributed by atoms with van der Waals surface area (Å²) in [4.78, 5) is 12.2. The van der Waals surface area contributed by atoms with Gasteiger partial charge in [0.2, 0.25) is 0 Å². The van der Waals surface area contributed by atoms with Gasteiger partial charge in [-0.1, -0.05) is 48.5 Å². The topological polar surface area (TPSA) is 37.3 Å². The van der Waals surface area contributed by atoms with Gasteiger partial charge in [0.15, 0.2) is 5.78 Å². The maximum Gasteiger partial charge on any atom is 0.170 e. The molecule has 100 valence electrons. The zero-order valence-electron chi connectivity index (χ0n) is 10.8. The van der Waals surface area contributed by atoms with Crippen molar-refractivity contribution in [1.29, 1.82) is 0 Å². The fourth-order valence-corrected chi connectivity index (χ4v) is 3.24. The molecule has 1 unspecified atom stereocenters. The van der Waals surface area contributed by atoms with Gasteiger partial charge in [0, 0.05) is 11.1 Å². The summed E-state index contributed by atoms with van der Waals surface area (Å²) in [5.74, 6) is -0.167. The summed E-state index contributed by atoms with van der Waals surface area (Å²) in [5, 5.41) is 13.2. The molecule has 20 heavy (non-hydrogen) atoms. The van der Waals surface area contributed by atoms with Crippen molar-refractivity contribution >= 4 is 27.2 Å². The SMILES string of the molecule is O=C(Cc1csc2ccccc12)C(O)c1ccccc1. The highest BCUT2D eigenvalue weighted by atomic mass is 32.1. The van der Waals surface area contributed by atoms with Crippen molar-refractivity contribution in [3.63, 3.8) is 0 Å². The van der Waals surface area contributed by atoms with E-state index in [-0.39, 0.29) is 12.2 Å². The second-order valence-electron chi connectivity index (χ2n) is 4.71. The van der Waals surface area contributed by atoms with E-state index in [1.807, 2.05) is 47.8 Å². The van der Waals surface area contributed by atoms with Gasteiger partial charge in [-0.15, -0.1) is 11.3 Å². The third-order valence-corrected chi connectivity index (χ3v) is 4.36. The first-order chi connectivity index (χ1) is 9.75. The Morgan fingerprint density at radius 1 is 1.05 bits per heavy atom. The quantitative estimate of drug-likeness (QED) is 0.791. The monoisotopic (exact) mass is 282 g/mol. The number of thiophene rings is 1. The minimum Gasteiger partial charge on any atom is -0.381 e. The number of aliphatic hydroxyl groups is 1. The number of rotatable bonds is 4. The first-order valence-electron chi connectivity index (χ1n) is 6.46. The zero-order chi connectivity index (χ0) is 13.9. The Kier molecular flexibility index (Phi) is 3.63. The van der Waals surface area contributed by atoms with Crippen molar-refractivity contribution in [2.45, 2.75) is 12.5 Å². The molecule has 3 heteroatoms. The van der Waals surface area contributed by atoms with E-state index in [1.54, 1.807) is 23.5 Å². The highest BCUT2D eigenvalue weighted by Crippen LogP contribution is 2.27. The lowest BCUT2D eigenvalue weighted by Crippen LogP contribution is -2.14. The van der Waals surface area contributed by atoms with Gasteiger partial charge in [-0.2, -0.15) is 0 Å². The average molecular weight is 282 g/mol. The maximum atomic E-state index is 12.2. The van der Waals surface area contributed by atoms with E-state index in [2.05, 4.69) is 0 Å². The predicted octanol–water partition coefficient (Wildman–Crippen LogP) is 3.75. The molecule has 0 bridgehead atoms. The van der Waals surface area contributed by atoms with Crippen molar-refractivity contribution < 1.29 is 9.90 Å². The molecule has 3 aromatic rings. The van der Waals surface area contributed by atoms with Gasteiger partial charge < -0.3 is 5.11 Å². The minimum atomic E-state index is -1.05. The van der Waals surface area contributed by atoms with E-state index < -0.39 is 6.10 Å². The second kappa shape index (κ2) is 5.57. The van der Waals surface area contributed by atoms with E-state index in [0.717, 1.165) is 10.9 Å². The molecular formula is C17H14O2S. The van der Waals surface area contributed by atoms with E-state index in [9.17, 15) is 9.90 Å². The van der Waals surface area contributed by atoms with Gasteiger partial charge in [-0.05, 0) is 28.0 Å². The predicted molar refractivity (Wildman–Crippen MR) is 81.9 cm³/mol. The van der Waals surface area contributed by atoms with Crippen LogP contribution in [0.5, 0.6) is 0 Å². The van der Waals surface area contributed by atoms with Crippen LogP contribution < -0.4 is 0 Å². The number of fused-ring (bicyclic) bond motifs is 1. The second-order valence-corrected chi connectivity index (χ2v) is 5.62. The maximum absolute atomic E-state index is 12.2. The summed E-state index contributed by atoms with van der Waals surface area (Å²) >= 11 is 1.63. The largest absolute Gasteiger partial charge is 0.381 e. The number of benzene rings is 2. The van der Waals surface area contributed by atoms with Gasteiger partial charge >= 0.3 is 0 Å². The highest BCUT2D eigenvalue weighted by Gasteiger charge is 2.18. The van der Waals surface area contributed by atoms with Crippen LogP contribution >= 0.6 is 11.3 Å². The molecule has 3 rings (SSSR count). The Hall–Kier alpha value is -1.97. The Balaban J connectivity index is 1.82. The van der Waals surface area contributed by atoms with E-state index in [0.29, 0.717) is 5.56 Å². The molecule has 0 fully saturated rings. The molecule has 0 radical (unpaired) electrons. The van der Waals surface area contributed by atoms with Crippen molar-refractivity contribution in [3.8, 4) is 0 Å². The molecule has 2 nitrogen and oxygen atoms in total. The third-order valence-electron chi connectivity index (χ3n) is 3.35. The standard InChI is InChI=1S/C17H14O2S/c18-15(17(19)12-6-2-1-3-7-12)10-13-11-20-16-9-5-4-8-14(13)16/h1-9,11,17,19H,10H2. The van der Waals surface area contributed by atoms with Crippen LogP contribution in [0.1, 0.15) is 17.2 Å². The number of Topliss-reactive ketones (excluding diaryl/α,β-unsaturated/α-hetero) is 1. The summed E-state index contributed by atoms with van der Waals surface area (Å²) in [7, 11) is 0. The fraction of sp³-hybridized carbons (Fsp3) is 0.118. The van der Waals surface area contributed by atoms with Crippen LogP contribution in [0.25, 0.3) is 10.1 Å². The van der Waals surface area contributed by atoms with Gasteiger partial charge in [0.1, 0.15) is 6.10 Å². The lowest BCUT2D eigenvalue weighted by Gasteiger charge is -2.09. The van der Waals surface area contributed by atoms with Crippen molar-refractivity contribution in [1.82, 2.24) is 0 Å². The molecule has 1 atom stereocenters. The van der Waals surface area contributed by atoms with Crippen LogP contribution in [-0.2, 0) is 11.2 Å². The Morgan fingerprint density at radius 2 is 1.75 bits per heavy atom. The third kappa shape index (κ3) is 2.50. The van der Waals surface area contributed by atoms with Gasteiger partial charge in [-0.25, -0.2) is 0 Å². The van der Waals surface area contributed by atoms with Gasteiger partial charge in [-0.3, -0.25) is 4.79 Å². The van der Waals surface area contributed by atoms with Crippen LogP contribution in [0.15, 0.2) is 60.0 Å². The average Bonchev–Trinajstić information content (AvgIpc) is 2.91. The molecule has 0 saturated heterocycles. The number of ketones is 1. The van der Waals surface area contributed by atoms with Crippen LogP contribution in [-0.4, -0.2) is 10.9 Å². The summed E-state index contributed by atoms with van der Waals surface area (Å²) in [6, 6.07) is 17.1. The van der Waals surface area contributed by atoms with Crippen LogP contribution in [0.2, 0.25) is 0 Å². The van der Waals surface area contributed by atoms with Crippen LogP contribution in [0.3, 0.4) is 0 Å². The lowest BCUT2D eigenvalue weighted by molar-refractivity contribution is -0.126. The minimum absolute atomic E-state index is 0.167. The first kappa shape index (κ1) is 13.0. The van der Waals surface area contributed by atoms with E-state index in [4.69, 9.17) is 0 Å². The molecule has 0 saturated carbocycles. The van der Waals surface area contributed by atoms with Gasteiger partial charge in [0.25, 0.3) is 0 Å². The summed E-state index contributed by atoms with van der Waals surface area (Å²) in [5.41, 5.74) is 1.64. The molecule has 0 aliphatic rings. The Morgan fingerprint density at radius 3 is 2.55 bits per heavy atom. The zero-order valence-corrected chi connectivity index (χ0v) is 11.6. The molecular weight excluding hydrogens is 268 g/mol. The molecule has 0 aliphatic carbocycles. The van der Waals surface area contributed by atoms with Crippen molar-refractivity contribution in [3.05, 3.63) is 71.1 Å². The summed E-state index contributed by atoms with van der Waals surface area (Å²) in [6.45, 7) is 0. The highest BCUT2D eigenvalue weighted by molar-refractivity contribution is 7.17. The number of carbonyl (C=O) groups excluding carboxylic acids is 1. The van der Waals surface area contributed by atoms with Crippen LogP contribution in [0, 0.1) is 0 Å². The molecule has 1 N–H and O–H groups in total. The lowest BCUT2D eigenvalue weighted by atomic mass is 10.00. The number of hydrogen-bond donors (Lipinski definition) is 1. The first-order valence-corrected chi connectivity index (χ1v) is 7.34.